The largest absolute Gasteiger partial charge is 0.508 e. The Morgan fingerprint density at radius 3 is 1.65 bits per heavy atom. The SMILES string of the molecule is CCCCCCC[C@H]1CC[C@H](CCC2(OC(=O)OC)CCC(C3CCC(CCCCC)CC3)CC2)CC1. The van der Waals surface area contributed by atoms with Crippen LogP contribution in [0.5, 0.6) is 0 Å². The molecule has 37 heavy (non-hydrogen) atoms. The lowest BCUT2D eigenvalue weighted by Crippen LogP contribution is -2.41. The molecule has 0 aromatic carbocycles. The molecule has 0 radical (unpaired) electrons. The molecule has 3 fully saturated rings. The summed E-state index contributed by atoms with van der Waals surface area (Å²) in [6.45, 7) is 4.61. The molecule has 3 aliphatic rings. The summed E-state index contributed by atoms with van der Waals surface area (Å²) >= 11 is 0. The highest BCUT2D eigenvalue weighted by atomic mass is 16.7. The van der Waals surface area contributed by atoms with Crippen molar-refractivity contribution in [2.45, 2.75) is 174 Å². The van der Waals surface area contributed by atoms with Gasteiger partial charge in [-0.3, -0.25) is 0 Å². The molecule has 3 heteroatoms. The first kappa shape index (κ1) is 30.8. The van der Waals surface area contributed by atoms with E-state index < -0.39 is 6.16 Å². The zero-order valence-corrected chi connectivity index (χ0v) is 25.1. The summed E-state index contributed by atoms with van der Waals surface area (Å²) in [7, 11) is 1.46. The standard InChI is InChI=1S/C34H62O3/c1-4-6-8-9-11-13-28-14-16-30(17-15-28)22-25-34(37-33(35)36-3)26-23-32(24-27-34)31-20-18-29(19-21-31)12-10-7-5-2/h28-32H,4-27H2,1-3H3/t28-,29?,30-,31?,32?,34?. The van der Waals surface area contributed by atoms with E-state index in [0.717, 1.165) is 48.9 Å². The summed E-state index contributed by atoms with van der Waals surface area (Å²) in [6.07, 6.45) is 32.0. The first-order chi connectivity index (χ1) is 18.1. The van der Waals surface area contributed by atoms with Gasteiger partial charge in [0.1, 0.15) is 5.60 Å². The van der Waals surface area contributed by atoms with Crippen LogP contribution < -0.4 is 0 Å². The molecule has 0 heterocycles. The molecule has 0 aliphatic heterocycles. The summed E-state index contributed by atoms with van der Waals surface area (Å²) in [5.74, 6) is 4.55. The third kappa shape index (κ3) is 10.7. The lowest BCUT2D eigenvalue weighted by atomic mass is 9.66. The molecule has 0 bridgehead atoms. The topological polar surface area (TPSA) is 35.5 Å². The molecule has 0 atom stereocenters. The van der Waals surface area contributed by atoms with Crippen LogP contribution in [0.3, 0.4) is 0 Å². The van der Waals surface area contributed by atoms with Crippen LogP contribution in [0.15, 0.2) is 0 Å². The fourth-order valence-corrected chi connectivity index (χ4v) is 8.20. The lowest BCUT2D eigenvalue weighted by Gasteiger charge is -2.43. The molecule has 0 saturated heterocycles. The van der Waals surface area contributed by atoms with Gasteiger partial charge in [0.2, 0.25) is 0 Å². The predicted octanol–water partition coefficient (Wildman–Crippen LogP) is 11.0. The van der Waals surface area contributed by atoms with Crippen molar-refractivity contribution in [3.05, 3.63) is 0 Å². The fraction of sp³-hybridized carbons (Fsp3) is 0.971. The highest BCUT2D eigenvalue weighted by Crippen LogP contribution is 2.47. The smallest absolute Gasteiger partial charge is 0.438 e. The van der Waals surface area contributed by atoms with E-state index >= 15 is 0 Å². The van der Waals surface area contributed by atoms with Crippen molar-refractivity contribution in [1.82, 2.24) is 0 Å². The van der Waals surface area contributed by atoms with Gasteiger partial charge in [-0.15, -0.1) is 0 Å². The summed E-state index contributed by atoms with van der Waals surface area (Å²) in [4.78, 5) is 12.2. The van der Waals surface area contributed by atoms with Gasteiger partial charge in [-0.1, -0.05) is 117 Å². The predicted molar refractivity (Wildman–Crippen MR) is 156 cm³/mol. The van der Waals surface area contributed by atoms with E-state index in [4.69, 9.17) is 9.47 Å². The number of carbonyl (C=O) groups is 1. The van der Waals surface area contributed by atoms with Gasteiger partial charge in [0.15, 0.2) is 0 Å². The molecule has 3 nitrogen and oxygen atoms in total. The van der Waals surface area contributed by atoms with E-state index in [-0.39, 0.29) is 5.60 Å². The molecule has 0 aromatic rings. The second kappa shape index (κ2) is 17.1. The summed E-state index contributed by atoms with van der Waals surface area (Å²) in [6, 6.07) is 0. The van der Waals surface area contributed by atoms with Gasteiger partial charge in [-0.05, 0) is 81.0 Å². The van der Waals surface area contributed by atoms with Crippen LogP contribution in [0.1, 0.15) is 168 Å². The Morgan fingerprint density at radius 1 is 0.622 bits per heavy atom. The van der Waals surface area contributed by atoms with E-state index in [9.17, 15) is 4.79 Å². The van der Waals surface area contributed by atoms with Crippen LogP contribution >= 0.6 is 0 Å². The maximum absolute atomic E-state index is 12.2. The Morgan fingerprint density at radius 2 is 1.08 bits per heavy atom. The van der Waals surface area contributed by atoms with Gasteiger partial charge in [0.25, 0.3) is 0 Å². The zero-order valence-electron chi connectivity index (χ0n) is 25.1. The van der Waals surface area contributed by atoms with Crippen molar-refractivity contribution in [2.24, 2.45) is 29.6 Å². The normalized spacial score (nSPS) is 32.7. The first-order valence-electron chi connectivity index (χ1n) is 16.8. The Bertz CT molecular complexity index is 592. The average Bonchev–Trinajstić information content (AvgIpc) is 2.93. The molecular formula is C34H62O3. The molecule has 216 valence electrons. The van der Waals surface area contributed by atoms with Crippen LogP contribution in [-0.2, 0) is 9.47 Å². The van der Waals surface area contributed by atoms with E-state index in [1.54, 1.807) is 0 Å². The second-order valence-electron chi connectivity index (χ2n) is 13.5. The molecule has 0 spiro atoms. The Kier molecular flexibility index (Phi) is 14.2. The van der Waals surface area contributed by atoms with E-state index in [2.05, 4.69) is 13.8 Å². The molecule has 3 rings (SSSR count). The minimum absolute atomic E-state index is 0.267. The number of hydrogen-bond donors (Lipinski definition) is 0. The third-order valence-corrected chi connectivity index (χ3v) is 10.9. The van der Waals surface area contributed by atoms with Gasteiger partial charge < -0.3 is 9.47 Å². The number of unbranched alkanes of at least 4 members (excludes halogenated alkanes) is 6. The molecule has 0 unspecified atom stereocenters. The van der Waals surface area contributed by atoms with Crippen LogP contribution in [0.2, 0.25) is 0 Å². The van der Waals surface area contributed by atoms with Crippen molar-refractivity contribution < 1.29 is 14.3 Å². The third-order valence-electron chi connectivity index (χ3n) is 10.9. The van der Waals surface area contributed by atoms with E-state index in [1.807, 2.05) is 0 Å². The minimum Gasteiger partial charge on any atom is -0.438 e. The van der Waals surface area contributed by atoms with Gasteiger partial charge in [-0.25, -0.2) is 4.79 Å². The number of methoxy groups -OCH3 is 1. The number of carbonyl (C=O) groups excluding carboxylic acids is 1. The van der Waals surface area contributed by atoms with Crippen LogP contribution in [0.25, 0.3) is 0 Å². The minimum atomic E-state index is -0.460. The second-order valence-corrected chi connectivity index (χ2v) is 13.5. The van der Waals surface area contributed by atoms with Crippen LogP contribution in [0, 0.1) is 29.6 Å². The summed E-state index contributed by atoms with van der Waals surface area (Å²) in [5, 5.41) is 0. The van der Waals surface area contributed by atoms with E-state index in [0.29, 0.717) is 0 Å². The molecular weight excluding hydrogens is 456 g/mol. The van der Waals surface area contributed by atoms with Crippen molar-refractivity contribution in [2.75, 3.05) is 7.11 Å². The zero-order chi connectivity index (χ0) is 26.3. The number of ether oxygens (including phenoxy) is 2. The van der Waals surface area contributed by atoms with Gasteiger partial charge >= 0.3 is 6.16 Å². The van der Waals surface area contributed by atoms with Gasteiger partial charge in [0, 0.05) is 0 Å². The maximum Gasteiger partial charge on any atom is 0.508 e. The van der Waals surface area contributed by atoms with E-state index in [1.165, 1.54) is 142 Å². The highest BCUT2D eigenvalue weighted by Gasteiger charge is 2.42. The average molecular weight is 519 g/mol. The number of hydrogen-bond acceptors (Lipinski definition) is 3. The first-order valence-corrected chi connectivity index (χ1v) is 16.8. The van der Waals surface area contributed by atoms with Crippen LogP contribution in [-0.4, -0.2) is 18.9 Å². The summed E-state index contributed by atoms with van der Waals surface area (Å²) < 4.78 is 11.1. The Hall–Kier alpha value is -0.730. The van der Waals surface area contributed by atoms with Crippen molar-refractivity contribution >= 4 is 6.16 Å². The molecule has 0 aromatic heterocycles. The molecule has 3 saturated carbocycles. The van der Waals surface area contributed by atoms with Crippen molar-refractivity contribution in [3.8, 4) is 0 Å². The van der Waals surface area contributed by atoms with Crippen molar-refractivity contribution in [3.63, 3.8) is 0 Å². The molecule has 0 amide bonds. The number of rotatable bonds is 15. The molecule has 3 aliphatic carbocycles. The lowest BCUT2D eigenvalue weighted by molar-refractivity contribution is -0.0701. The Balaban J connectivity index is 1.39. The van der Waals surface area contributed by atoms with Crippen molar-refractivity contribution in [1.29, 1.82) is 0 Å². The van der Waals surface area contributed by atoms with Crippen LogP contribution in [0.4, 0.5) is 4.79 Å². The maximum atomic E-state index is 12.2. The van der Waals surface area contributed by atoms with Gasteiger partial charge in [-0.2, -0.15) is 0 Å². The highest BCUT2D eigenvalue weighted by molar-refractivity contribution is 5.60. The Labute approximate surface area is 230 Å². The quantitative estimate of drug-likeness (QED) is 0.160. The monoisotopic (exact) mass is 518 g/mol. The molecule has 0 N–H and O–H groups in total. The van der Waals surface area contributed by atoms with Gasteiger partial charge in [0.05, 0.1) is 7.11 Å². The fourth-order valence-electron chi connectivity index (χ4n) is 8.20. The summed E-state index contributed by atoms with van der Waals surface area (Å²) in [5.41, 5.74) is -0.267.